The van der Waals surface area contributed by atoms with Crippen molar-refractivity contribution in [3.63, 3.8) is 0 Å². The van der Waals surface area contributed by atoms with Crippen molar-refractivity contribution in [3.05, 3.63) is 54.1 Å². The third-order valence-electron chi connectivity index (χ3n) is 2.88. The SMILES string of the molecule is Cc1cccc(NC(C)(CO)c2cnccn2)c1. The van der Waals surface area contributed by atoms with Gasteiger partial charge in [-0.05, 0) is 31.5 Å². The molecule has 2 rings (SSSR count). The van der Waals surface area contributed by atoms with Gasteiger partial charge >= 0.3 is 0 Å². The van der Waals surface area contributed by atoms with Crippen LogP contribution < -0.4 is 5.32 Å². The molecular weight excluding hydrogens is 226 g/mol. The lowest BCUT2D eigenvalue weighted by molar-refractivity contribution is 0.220. The maximum absolute atomic E-state index is 9.64. The van der Waals surface area contributed by atoms with Crippen molar-refractivity contribution in [1.82, 2.24) is 9.97 Å². The van der Waals surface area contributed by atoms with Crippen LogP contribution in [0.4, 0.5) is 5.69 Å². The summed E-state index contributed by atoms with van der Waals surface area (Å²) in [6.45, 7) is 3.88. The highest BCUT2D eigenvalue weighted by Gasteiger charge is 2.27. The Morgan fingerprint density at radius 2 is 2.17 bits per heavy atom. The summed E-state index contributed by atoms with van der Waals surface area (Å²) in [5, 5.41) is 12.9. The third-order valence-corrected chi connectivity index (χ3v) is 2.88. The van der Waals surface area contributed by atoms with Crippen LogP contribution in [0.2, 0.25) is 0 Å². The molecule has 0 radical (unpaired) electrons. The third kappa shape index (κ3) is 2.65. The van der Waals surface area contributed by atoms with Gasteiger partial charge in [-0.3, -0.25) is 9.97 Å². The fourth-order valence-corrected chi connectivity index (χ4v) is 1.81. The Kier molecular flexibility index (Phi) is 3.58. The summed E-state index contributed by atoms with van der Waals surface area (Å²) in [6.07, 6.45) is 4.91. The van der Waals surface area contributed by atoms with Gasteiger partial charge in [0.15, 0.2) is 0 Å². The summed E-state index contributed by atoms with van der Waals surface area (Å²) < 4.78 is 0. The standard InChI is InChI=1S/C14H17N3O/c1-11-4-3-5-12(8-11)17-14(2,10-18)13-9-15-6-7-16-13/h3-9,17-18H,10H2,1-2H3. The van der Waals surface area contributed by atoms with E-state index in [0.29, 0.717) is 5.69 Å². The van der Waals surface area contributed by atoms with Crippen LogP contribution in [0.15, 0.2) is 42.9 Å². The van der Waals surface area contributed by atoms with Crippen LogP contribution in [0.25, 0.3) is 0 Å². The summed E-state index contributed by atoms with van der Waals surface area (Å²) in [7, 11) is 0. The molecule has 0 aliphatic rings. The predicted molar refractivity (Wildman–Crippen MR) is 71.3 cm³/mol. The number of aliphatic hydroxyl groups is 1. The van der Waals surface area contributed by atoms with Crippen molar-refractivity contribution in [2.75, 3.05) is 11.9 Å². The molecule has 0 aliphatic carbocycles. The molecule has 0 saturated carbocycles. The maximum atomic E-state index is 9.64. The molecule has 0 amide bonds. The smallest absolute Gasteiger partial charge is 0.102 e. The number of aliphatic hydroxyl groups excluding tert-OH is 1. The van der Waals surface area contributed by atoms with E-state index in [1.54, 1.807) is 18.6 Å². The number of aromatic nitrogens is 2. The molecule has 1 aromatic heterocycles. The van der Waals surface area contributed by atoms with Gasteiger partial charge in [-0.25, -0.2) is 0 Å². The monoisotopic (exact) mass is 243 g/mol. The molecule has 94 valence electrons. The van der Waals surface area contributed by atoms with Crippen molar-refractivity contribution < 1.29 is 5.11 Å². The van der Waals surface area contributed by atoms with E-state index < -0.39 is 5.54 Å². The number of anilines is 1. The number of benzene rings is 1. The molecule has 4 nitrogen and oxygen atoms in total. The molecule has 1 atom stereocenters. The molecule has 0 bridgehead atoms. The molecule has 1 heterocycles. The molecule has 2 aromatic rings. The van der Waals surface area contributed by atoms with Gasteiger partial charge in [0.25, 0.3) is 0 Å². The van der Waals surface area contributed by atoms with Crippen LogP contribution in [0.1, 0.15) is 18.2 Å². The van der Waals surface area contributed by atoms with Crippen molar-refractivity contribution in [2.45, 2.75) is 19.4 Å². The van der Waals surface area contributed by atoms with Crippen LogP contribution in [-0.2, 0) is 5.54 Å². The van der Waals surface area contributed by atoms with Crippen LogP contribution >= 0.6 is 0 Å². The van der Waals surface area contributed by atoms with Gasteiger partial charge in [0.1, 0.15) is 5.54 Å². The number of nitrogens with one attached hydrogen (secondary N) is 1. The van der Waals surface area contributed by atoms with E-state index >= 15 is 0 Å². The van der Waals surface area contributed by atoms with Crippen molar-refractivity contribution in [2.24, 2.45) is 0 Å². The van der Waals surface area contributed by atoms with Gasteiger partial charge in [-0.1, -0.05) is 12.1 Å². The van der Waals surface area contributed by atoms with Gasteiger partial charge in [-0.15, -0.1) is 0 Å². The topological polar surface area (TPSA) is 58.0 Å². The highest BCUT2D eigenvalue weighted by atomic mass is 16.3. The zero-order valence-electron chi connectivity index (χ0n) is 10.6. The quantitative estimate of drug-likeness (QED) is 0.863. The Bertz CT molecular complexity index is 515. The van der Waals surface area contributed by atoms with Gasteiger partial charge < -0.3 is 10.4 Å². The summed E-state index contributed by atoms with van der Waals surface area (Å²) in [4.78, 5) is 8.30. The fourth-order valence-electron chi connectivity index (χ4n) is 1.81. The first kappa shape index (κ1) is 12.5. The first-order chi connectivity index (χ1) is 8.64. The summed E-state index contributed by atoms with van der Waals surface area (Å²) in [5.41, 5.74) is 2.20. The first-order valence-electron chi connectivity index (χ1n) is 5.86. The van der Waals surface area contributed by atoms with E-state index in [1.807, 2.05) is 38.1 Å². The highest BCUT2D eigenvalue weighted by Crippen LogP contribution is 2.24. The summed E-state index contributed by atoms with van der Waals surface area (Å²) >= 11 is 0. The second-order valence-corrected chi connectivity index (χ2v) is 4.58. The van der Waals surface area contributed by atoms with E-state index in [2.05, 4.69) is 15.3 Å². The number of hydrogen-bond donors (Lipinski definition) is 2. The zero-order chi connectivity index (χ0) is 13.0. The molecule has 0 aliphatic heterocycles. The van der Waals surface area contributed by atoms with E-state index in [4.69, 9.17) is 0 Å². The number of nitrogens with zero attached hydrogens (tertiary/aromatic N) is 2. The van der Waals surface area contributed by atoms with Crippen LogP contribution in [0.3, 0.4) is 0 Å². The van der Waals surface area contributed by atoms with E-state index in [9.17, 15) is 5.11 Å². The van der Waals surface area contributed by atoms with Crippen molar-refractivity contribution >= 4 is 5.69 Å². The predicted octanol–water partition coefficient (Wildman–Crippen LogP) is 2.10. The van der Waals surface area contributed by atoms with Crippen molar-refractivity contribution in [1.29, 1.82) is 0 Å². The van der Waals surface area contributed by atoms with E-state index in [-0.39, 0.29) is 6.61 Å². The zero-order valence-corrected chi connectivity index (χ0v) is 10.6. The Balaban J connectivity index is 2.29. The van der Waals surface area contributed by atoms with Crippen LogP contribution in [0, 0.1) is 6.92 Å². The Labute approximate surface area is 107 Å². The second-order valence-electron chi connectivity index (χ2n) is 4.58. The lowest BCUT2D eigenvalue weighted by Crippen LogP contribution is -2.36. The average molecular weight is 243 g/mol. The van der Waals surface area contributed by atoms with Crippen molar-refractivity contribution in [3.8, 4) is 0 Å². The van der Waals surface area contributed by atoms with Gasteiger partial charge in [0, 0.05) is 18.1 Å². The van der Waals surface area contributed by atoms with Gasteiger partial charge in [-0.2, -0.15) is 0 Å². The Hall–Kier alpha value is -1.94. The van der Waals surface area contributed by atoms with Gasteiger partial charge in [0.05, 0.1) is 18.5 Å². The molecule has 0 fully saturated rings. The number of hydrogen-bond acceptors (Lipinski definition) is 4. The minimum Gasteiger partial charge on any atom is -0.394 e. The molecule has 1 unspecified atom stereocenters. The Morgan fingerprint density at radius 3 is 2.78 bits per heavy atom. The minimum atomic E-state index is -0.637. The molecule has 1 aromatic carbocycles. The molecule has 0 spiro atoms. The summed E-state index contributed by atoms with van der Waals surface area (Å²) in [6, 6.07) is 8.01. The average Bonchev–Trinajstić information content (AvgIpc) is 2.39. The minimum absolute atomic E-state index is 0.0559. The number of aryl methyl sites for hydroxylation is 1. The molecule has 18 heavy (non-hydrogen) atoms. The molecule has 4 heteroatoms. The maximum Gasteiger partial charge on any atom is 0.102 e. The number of rotatable bonds is 4. The van der Waals surface area contributed by atoms with Crippen LogP contribution in [-0.4, -0.2) is 21.7 Å². The normalized spacial score (nSPS) is 13.9. The largest absolute Gasteiger partial charge is 0.394 e. The fraction of sp³-hybridized carbons (Fsp3) is 0.286. The molecule has 0 saturated heterocycles. The first-order valence-corrected chi connectivity index (χ1v) is 5.86. The molecule has 2 N–H and O–H groups in total. The Morgan fingerprint density at radius 1 is 1.33 bits per heavy atom. The lowest BCUT2D eigenvalue weighted by atomic mass is 9.98. The van der Waals surface area contributed by atoms with Gasteiger partial charge in [0.2, 0.25) is 0 Å². The highest BCUT2D eigenvalue weighted by molar-refractivity contribution is 5.48. The summed E-state index contributed by atoms with van der Waals surface area (Å²) in [5.74, 6) is 0. The van der Waals surface area contributed by atoms with E-state index in [1.165, 1.54) is 5.56 Å². The van der Waals surface area contributed by atoms with E-state index in [0.717, 1.165) is 5.69 Å². The molecular formula is C14H17N3O. The van der Waals surface area contributed by atoms with Crippen LogP contribution in [0.5, 0.6) is 0 Å². The lowest BCUT2D eigenvalue weighted by Gasteiger charge is -2.29. The second kappa shape index (κ2) is 5.14.